The third kappa shape index (κ3) is 5.24. The number of aliphatic hydroxyl groups excluding tert-OH is 1. The zero-order valence-electron chi connectivity index (χ0n) is 24.3. The second kappa shape index (κ2) is 12.2. The number of aliphatic hydroxyl groups is 1. The molecule has 1 aliphatic rings. The van der Waals surface area contributed by atoms with Crippen LogP contribution in [0.4, 0.5) is 5.13 Å². The average molecular weight is 633 g/mol. The first-order chi connectivity index (χ1) is 21.3. The molecule has 0 spiro atoms. The number of Topliss-reactive ketones (excluding diaryl/α,β-unsaturated/α-hetero) is 1. The fourth-order valence-electron chi connectivity index (χ4n) is 5.29. The van der Waals surface area contributed by atoms with E-state index in [0.717, 1.165) is 24.0 Å². The fourth-order valence-corrected chi connectivity index (χ4v) is 6.56. The second-order valence-electron chi connectivity index (χ2n) is 10.2. The summed E-state index contributed by atoms with van der Waals surface area (Å²) >= 11 is 7.44. The van der Waals surface area contributed by atoms with E-state index in [4.69, 9.17) is 30.2 Å². The largest absolute Gasteiger partial charge is 0.503 e. The number of para-hydroxylation sites is 1. The van der Waals surface area contributed by atoms with E-state index < -0.39 is 23.5 Å². The lowest BCUT2D eigenvalue weighted by atomic mass is 9.95. The number of ether oxygens (including phenoxy) is 3. The number of methoxy groups -OCH3 is 2. The van der Waals surface area contributed by atoms with Crippen molar-refractivity contribution in [3.05, 3.63) is 88.3 Å². The van der Waals surface area contributed by atoms with Crippen LogP contribution in [0.2, 0.25) is 5.02 Å². The predicted molar refractivity (Wildman–Crippen MR) is 170 cm³/mol. The number of halogens is 1. The number of benzene rings is 3. The molecule has 0 fully saturated rings. The van der Waals surface area contributed by atoms with Crippen molar-refractivity contribution >= 4 is 60.9 Å². The Bertz CT molecular complexity index is 1930. The van der Waals surface area contributed by atoms with Gasteiger partial charge in [0, 0.05) is 10.4 Å². The second-order valence-corrected chi connectivity index (χ2v) is 11.7. The van der Waals surface area contributed by atoms with Crippen molar-refractivity contribution in [1.82, 2.24) is 4.98 Å². The van der Waals surface area contributed by atoms with E-state index in [-0.39, 0.29) is 16.5 Å². The van der Waals surface area contributed by atoms with Crippen molar-refractivity contribution in [2.45, 2.75) is 32.2 Å². The molecule has 9 nitrogen and oxygen atoms in total. The van der Waals surface area contributed by atoms with Gasteiger partial charge in [0.2, 0.25) is 5.78 Å². The third-order valence-corrected chi connectivity index (χ3v) is 8.71. The number of aromatic nitrogens is 1. The third-order valence-electron chi connectivity index (χ3n) is 7.46. The number of fused-ring (bicyclic) bond motifs is 2. The zero-order valence-corrected chi connectivity index (χ0v) is 25.8. The predicted octanol–water partition coefficient (Wildman–Crippen LogP) is 8.07. The molecule has 1 unspecified atom stereocenters. The summed E-state index contributed by atoms with van der Waals surface area (Å²) in [5.41, 5.74) is 1.36. The first-order valence-corrected chi connectivity index (χ1v) is 15.3. The summed E-state index contributed by atoms with van der Waals surface area (Å²) in [6.07, 6.45) is 3.00. The van der Waals surface area contributed by atoms with Crippen LogP contribution in [0.1, 0.15) is 48.3 Å². The van der Waals surface area contributed by atoms with Gasteiger partial charge in [-0.15, -0.1) is 0 Å². The Hall–Kier alpha value is -4.54. The molecule has 0 saturated heterocycles. The van der Waals surface area contributed by atoms with E-state index in [9.17, 15) is 14.7 Å². The van der Waals surface area contributed by atoms with Gasteiger partial charge in [0.1, 0.15) is 0 Å². The van der Waals surface area contributed by atoms with Crippen molar-refractivity contribution in [2.75, 3.05) is 25.7 Å². The van der Waals surface area contributed by atoms with Crippen molar-refractivity contribution in [1.29, 1.82) is 0 Å². The Balaban J connectivity index is 1.47. The van der Waals surface area contributed by atoms with Gasteiger partial charge in [-0.2, -0.15) is 0 Å². The number of anilines is 1. The van der Waals surface area contributed by atoms with Gasteiger partial charge in [-0.25, -0.2) is 4.98 Å². The molecule has 5 aromatic rings. The molecule has 44 heavy (non-hydrogen) atoms. The maximum atomic E-state index is 14.2. The molecule has 3 aromatic carbocycles. The number of furan rings is 1. The van der Waals surface area contributed by atoms with E-state index in [1.165, 1.54) is 30.5 Å². The normalized spacial score (nSPS) is 15.0. The Kier molecular flexibility index (Phi) is 8.20. The monoisotopic (exact) mass is 632 g/mol. The van der Waals surface area contributed by atoms with Gasteiger partial charge in [0.15, 0.2) is 39.5 Å². The molecule has 1 amide bonds. The number of amides is 1. The molecule has 11 heteroatoms. The van der Waals surface area contributed by atoms with Crippen LogP contribution in [-0.2, 0) is 4.79 Å². The number of carbonyl (C=O) groups excluding carboxylic acids is 2. The first-order valence-electron chi connectivity index (χ1n) is 14.1. The average Bonchev–Trinajstić information content (AvgIpc) is 3.72. The van der Waals surface area contributed by atoms with Crippen LogP contribution < -0.4 is 19.1 Å². The molecule has 226 valence electrons. The van der Waals surface area contributed by atoms with Crippen molar-refractivity contribution in [2.24, 2.45) is 0 Å². The summed E-state index contributed by atoms with van der Waals surface area (Å²) < 4.78 is 23.7. The lowest BCUT2D eigenvalue weighted by Crippen LogP contribution is -2.31. The first kappa shape index (κ1) is 29.5. The lowest BCUT2D eigenvalue weighted by molar-refractivity contribution is -0.117. The molecule has 0 radical (unpaired) electrons. The van der Waals surface area contributed by atoms with Gasteiger partial charge in [-0.1, -0.05) is 60.9 Å². The van der Waals surface area contributed by atoms with E-state index in [1.54, 1.807) is 60.7 Å². The van der Waals surface area contributed by atoms with E-state index >= 15 is 0 Å². The van der Waals surface area contributed by atoms with Gasteiger partial charge < -0.3 is 23.7 Å². The molecule has 0 bridgehead atoms. The summed E-state index contributed by atoms with van der Waals surface area (Å²) in [7, 11) is 3.03. The highest BCUT2D eigenvalue weighted by molar-refractivity contribution is 7.22. The summed E-state index contributed by atoms with van der Waals surface area (Å²) in [6, 6.07) is 16.2. The van der Waals surface area contributed by atoms with E-state index in [1.807, 2.05) is 0 Å². The van der Waals surface area contributed by atoms with Crippen LogP contribution in [0.3, 0.4) is 0 Å². The van der Waals surface area contributed by atoms with Gasteiger partial charge in [0.05, 0.1) is 42.7 Å². The summed E-state index contributed by atoms with van der Waals surface area (Å²) in [5, 5.41) is 12.7. The maximum absolute atomic E-state index is 14.2. The summed E-state index contributed by atoms with van der Waals surface area (Å²) in [6.45, 7) is 2.64. The number of ketones is 1. The molecule has 6 rings (SSSR count). The smallest absolute Gasteiger partial charge is 0.296 e. The van der Waals surface area contributed by atoms with E-state index in [0.29, 0.717) is 50.9 Å². The Morgan fingerprint density at radius 1 is 1.05 bits per heavy atom. The molecule has 0 aliphatic carbocycles. The van der Waals surface area contributed by atoms with Crippen LogP contribution in [0.15, 0.2) is 76.4 Å². The molecule has 2 aromatic heterocycles. The van der Waals surface area contributed by atoms with Gasteiger partial charge in [-0.3, -0.25) is 14.5 Å². The number of carbonyl (C=O) groups is 2. The number of hydrogen-bond acceptors (Lipinski definition) is 9. The lowest BCUT2D eigenvalue weighted by Gasteiger charge is -2.25. The van der Waals surface area contributed by atoms with Crippen LogP contribution in [0.25, 0.3) is 21.2 Å². The molecule has 1 aliphatic heterocycles. The summed E-state index contributed by atoms with van der Waals surface area (Å²) in [5.74, 6) is -0.751. The van der Waals surface area contributed by atoms with Crippen molar-refractivity contribution in [3.8, 4) is 17.2 Å². The molecule has 3 heterocycles. The Morgan fingerprint density at radius 3 is 2.64 bits per heavy atom. The molecular weight excluding hydrogens is 604 g/mol. The quantitative estimate of drug-likeness (QED) is 0.115. The highest BCUT2D eigenvalue weighted by Gasteiger charge is 2.47. The maximum Gasteiger partial charge on any atom is 0.296 e. The van der Waals surface area contributed by atoms with Gasteiger partial charge >= 0.3 is 0 Å². The number of nitrogens with zero attached hydrogens (tertiary/aromatic N) is 2. The number of rotatable bonds is 11. The number of thiazole rings is 1. The molecule has 1 atom stereocenters. The van der Waals surface area contributed by atoms with Crippen LogP contribution in [-0.4, -0.2) is 42.6 Å². The molecule has 0 saturated carbocycles. The minimum absolute atomic E-state index is 0.0513. The number of unbranched alkanes of at least 4 members (excludes halogenated alkanes) is 2. The van der Waals surface area contributed by atoms with Crippen LogP contribution >= 0.6 is 22.9 Å². The molecular formula is C33H29ClN2O7S. The molecule has 1 N–H and O–H groups in total. The SMILES string of the molecule is CCCCCOc1ccc(C2C(C(=O)c3cc4cccc(OC)c4o3)=C(O)C(=O)N2c2nc3ccc(Cl)cc3s2)cc1OC. The van der Waals surface area contributed by atoms with Crippen LogP contribution in [0, 0.1) is 0 Å². The Morgan fingerprint density at radius 2 is 1.86 bits per heavy atom. The highest BCUT2D eigenvalue weighted by Crippen LogP contribution is 2.46. The zero-order chi connectivity index (χ0) is 31.0. The van der Waals surface area contributed by atoms with Crippen LogP contribution in [0.5, 0.6) is 17.2 Å². The van der Waals surface area contributed by atoms with E-state index in [2.05, 4.69) is 11.9 Å². The highest BCUT2D eigenvalue weighted by atomic mass is 35.5. The number of hydrogen-bond donors (Lipinski definition) is 1. The minimum Gasteiger partial charge on any atom is -0.503 e. The standard InChI is InChI=1S/C33H29ClN2O7S/c1-4-5-6-14-42-22-13-10-18(15-24(22)41-3)28-27(29(37)25-16-19-8-7-9-23(40-2)31(19)43-25)30(38)32(39)36(28)33-35-21-12-11-20(34)17-26(21)44-33/h7-13,15-17,28,38H,4-6,14H2,1-3H3. The topological polar surface area (TPSA) is 111 Å². The summed E-state index contributed by atoms with van der Waals surface area (Å²) in [4.78, 5) is 33.9. The van der Waals surface area contributed by atoms with Crippen molar-refractivity contribution in [3.63, 3.8) is 0 Å². The van der Waals surface area contributed by atoms with Crippen molar-refractivity contribution < 1.29 is 33.3 Å². The van der Waals surface area contributed by atoms with Gasteiger partial charge in [0.25, 0.3) is 5.91 Å². The van der Waals surface area contributed by atoms with Gasteiger partial charge in [-0.05, 0) is 54.4 Å². The minimum atomic E-state index is -1.05. The fraction of sp³-hybridized carbons (Fsp3) is 0.242. The Labute approximate surface area is 262 Å².